The molecule has 2 saturated heterocycles. The van der Waals surface area contributed by atoms with Crippen molar-refractivity contribution < 1.29 is 19.5 Å². The zero-order valence-corrected chi connectivity index (χ0v) is 10.8. The van der Waals surface area contributed by atoms with Crippen molar-refractivity contribution >= 4 is 28.9 Å². The average molecular weight is 272 g/mol. The van der Waals surface area contributed by atoms with Gasteiger partial charge in [-0.15, -0.1) is 0 Å². The van der Waals surface area contributed by atoms with Crippen molar-refractivity contribution in [1.29, 1.82) is 0 Å². The largest absolute Gasteiger partial charge is 0.480 e. The predicted octanol–water partition coefficient (Wildman–Crippen LogP) is 0.621. The maximum absolute atomic E-state index is 12.1. The Morgan fingerprint density at radius 1 is 1.33 bits per heavy atom. The van der Waals surface area contributed by atoms with E-state index in [0.717, 1.165) is 12.8 Å². The van der Waals surface area contributed by atoms with Gasteiger partial charge in [-0.2, -0.15) is 0 Å². The van der Waals surface area contributed by atoms with Gasteiger partial charge in [-0.25, -0.2) is 4.79 Å². The third-order valence-corrected chi connectivity index (χ3v) is 4.17. The van der Waals surface area contributed by atoms with E-state index in [1.165, 1.54) is 21.6 Å². The zero-order valence-electron chi connectivity index (χ0n) is 10.0. The molecule has 1 N–H and O–H groups in total. The van der Waals surface area contributed by atoms with Crippen LogP contribution in [-0.2, 0) is 9.59 Å². The van der Waals surface area contributed by atoms with Crippen LogP contribution >= 0.6 is 11.8 Å². The Kier molecular flexibility index (Phi) is 4.11. The summed E-state index contributed by atoms with van der Waals surface area (Å²) in [5.41, 5.74) is 0. The van der Waals surface area contributed by atoms with Gasteiger partial charge in [0.2, 0.25) is 5.91 Å². The second-order valence-electron chi connectivity index (χ2n) is 4.47. The molecule has 0 aromatic rings. The summed E-state index contributed by atoms with van der Waals surface area (Å²) in [6.45, 7) is 1.06. The molecule has 1 unspecified atom stereocenters. The molecule has 0 aromatic heterocycles. The molecule has 0 radical (unpaired) electrons. The summed E-state index contributed by atoms with van der Waals surface area (Å²) in [7, 11) is 0. The molecule has 18 heavy (non-hydrogen) atoms. The molecule has 2 aliphatic heterocycles. The van der Waals surface area contributed by atoms with Gasteiger partial charge in [-0.05, 0) is 19.3 Å². The maximum atomic E-state index is 12.1. The molecule has 1 atom stereocenters. The fourth-order valence-corrected chi connectivity index (χ4v) is 3.13. The summed E-state index contributed by atoms with van der Waals surface area (Å²) in [6, 6.07) is -0.725. The Labute approximate surface area is 109 Å². The average Bonchev–Trinajstić information content (AvgIpc) is 2.75. The van der Waals surface area contributed by atoms with E-state index in [1.807, 2.05) is 0 Å². The fraction of sp³-hybridized carbons (Fsp3) is 0.727. The van der Waals surface area contributed by atoms with Crippen molar-refractivity contribution in [2.75, 3.05) is 25.4 Å². The van der Waals surface area contributed by atoms with Gasteiger partial charge in [0.1, 0.15) is 12.6 Å². The van der Waals surface area contributed by atoms with E-state index in [1.54, 1.807) is 0 Å². The smallest absolute Gasteiger partial charge is 0.326 e. The van der Waals surface area contributed by atoms with Crippen LogP contribution in [0.3, 0.4) is 0 Å². The number of carboxylic acids is 1. The first-order chi connectivity index (χ1) is 8.59. The van der Waals surface area contributed by atoms with Crippen LogP contribution in [0.4, 0.5) is 4.79 Å². The van der Waals surface area contributed by atoms with Crippen molar-refractivity contribution in [3.63, 3.8) is 0 Å². The molecule has 2 amide bonds. The zero-order chi connectivity index (χ0) is 13.1. The second-order valence-corrected chi connectivity index (χ2v) is 5.52. The van der Waals surface area contributed by atoms with Crippen LogP contribution in [0.2, 0.25) is 0 Å². The van der Waals surface area contributed by atoms with Crippen molar-refractivity contribution in [2.45, 2.75) is 25.3 Å². The summed E-state index contributed by atoms with van der Waals surface area (Å²) < 4.78 is 0. The van der Waals surface area contributed by atoms with Gasteiger partial charge >= 0.3 is 5.97 Å². The number of nitrogens with zero attached hydrogens (tertiary/aromatic N) is 2. The van der Waals surface area contributed by atoms with Crippen molar-refractivity contribution in [2.24, 2.45) is 0 Å². The Hall–Kier alpha value is -1.24. The minimum atomic E-state index is -0.954. The first kappa shape index (κ1) is 13.2. The third kappa shape index (κ3) is 2.77. The van der Waals surface area contributed by atoms with Crippen LogP contribution < -0.4 is 0 Å². The second kappa shape index (κ2) is 5.60. The van der Waals surface area contributed by atoms with Gasteiger partial charge < -0.3 is 14.9 Å². The van der Waals surface area contributed by atoms with E-state index in [2.05, 4.69) is 0 Å². The third-order valence-electron chi connectivity index (χ3n) is 3.28. The Morgan fingerprint density at radius 2 is 2.11 bits per heavy atom. The van der Waals surface area contributed by atoms with E-state index in [0.29, 0.717) is 25.3 Å². The van der Waals surface area contributed by atoms with Crippen LogP contribution in [0.25, 0.3) is 0 Å². The molecule has 7 heteroatoms. The van der Waals surface area contributed by atoms with Gasteiger partial charge in [-0.1, -0.05) is 11.8 Å². The van der Waals surface area contributed by atoms with Crippen molar-refractivity contribution in [3.05, 3.63) is 0 Å². The highest BCUT2D eigenvalue weighted by Gasteiger charge is 2.33. The van der Waals surface area contributed by atoms with Crippen LogP contribution in [-0.4, -0.2) is 63.5 Å². The summed E-state index contributed by atoms with van der Waals surface area (Å²) in [5, 5.41) is 9.00. The minimum absolute atomic E-state index is 0.00954. The number of hydrogen-bond donors (Lipinski definition) is 1. The van der Waals surface area contributed by atoms with Crippen molar-refractivity contribution in [1.82, 2.24) is 9.80 Å². The molecule has 0 aromatic carbocycles. The summed E-state index contributed by atoms with van der Waals surface area (Å²) >= 11 is 1.20. The molecule has 2 rings (SSSR count). The number of likely N-dealkylation sites (tertiary alicyclic amines) is 1. The lowest BCUT2D eigenvalue weighted by atomic mass is 10.0. The number of carbonyl (C=O) groups is 3. The molecule has 2 aliphatic rings. The fourth-order valence-electron chi connectivity index (χ4n) is 2.31. The lowest BCUT2D eigenvalue weighted by Gasteiger charge is -2.33. The highest BCUT2D eigenvalue weighted by Crippen LogP contribution is 2.20. The van der Waals surface area contributed by atoms with Crippen molar-refractivity contribution in [3.8, 4) is 0 Å². The van der Waals surface area contributed by atoms with E-state index >= 15 is 0 Å². The lowest BCUT2D eigenvalue weighted by Crippen LogP contribution is -2.51. The molecule has 0 spiro atoms. The van der Waals surface area contributed by atoms with Gasteiger partial charge in [0.25, 0.3) is 5.24 Å². The number of piperidine rings is 1. The SMILES string of the molecule is O=C(O)C1CCCCN1C(=O)CN1CCSC1=O. The molecular weight excluding hydrogens is 256 g/mol. The molecule has 2 fully saturated rings. The highest BCUT2D eigenvalue weighted by atomic mass is 32.2. The van der Waals surface area contributed by atoms with Crippen LogP contribution in [0.1, 0.15) is 19.3 Å². The highest BCUT2D eigenvalue weighted by molar-refractivity contribution is 8.13. The molecule has 100 valence electrons. The quantitative estimate of drug-likeness (QED) is 0.815. The molecule has 2 heterocycles. The predicted molar refractivity (Wildman–Crippen MR) is 66.4 cm³/mol. The van der Waals surface area contributed by atoms with Gasteiger partial charge in [0.15, 0.2) is 0 Å². The summed E-state index contributed by atoms with van der Waals surface area (Å²) in [5.74, 6) is -0.503. The van der Waals surface area contributed by atoms with Gasteiger partial charge in [0, 0.05) is 18.8 Å². The molecular formula is C11H16N2O4S. The Bertz CT molecular complexity index is 374. The standard InChI is InChI=1S/C11H16N2O4S/c14-9(7-12-5-6-18-11(12)17)13-4-2-1-3-8(13)10(15)16/h8H,1-7H2,(H,15,16). The van der Waals surface area contributed by atoms with E-state index in [9.17, 15) is 14.4 Å². The van der Waals surface area contributed by atoms with E-state index in [-0.39, 0.29) is 17.7 Å². The number of rotatable bonds is 3. The number of carbonyl (C=O) groups excluding carboxylic acids is 2. The Balaban J connectivity index is 1.97. The molecule has 0 aliphatic carbocycles. The van der Waals surface area contributed by atoms with Gasteiger partial charge in [0.05, 0.1) is 0 Å². The number of aliphatic carboxylic acids is 1. The van der Waals surface area contributed by atoms with Gasteiger partial charge in [-0.3, -0.25) is 9.59 Å². The molecule has 0 bridgehead atoms. The van der Waals surface area contributed by atoms with E-state index in [4.69, 9.17) is 5.11 Å². The Morgan fingerprint density at radius 3 is 2.72 bits per heavy atom. The maximum Gasteiger partial charge on any atom is 0.326 e. The number of thioether (sulfide) groups is 1. The number of hydrogen-bond acceptors (Lipinski definition) is 4. The van der Waals surface area contributed by atoms with Crippen LogP contribution in [0.5, 0.6) is 0 Å². The first-order valence-electron chi connectivity index (χ1n) is 6.03. The number of carboxylic acid groups (broad SMARTS) is 1. The summed E-state index contributed by atoms with van der Waals surface area (Å²) in [6.07, 6.45) is 2.17. The normalized spacial score (nSPS) is 24.4. The monoisotopic (exact) mass is 272 g/mol. The topological polar surface area (TPSA) is 77.9 Å². The van der Waals surface area contributed by atoms with Crippen LogP contribution in [0.15, 0.2) is 0 Å². The van der Waals surface area contributed by atoms with Crippen LogP contribution in [0, 0.1) is 0 Å². The number of amides is 2. The summed E-state index contributed by atoms with van der Waals surface area (Å²) in [4.78, 5) is 37.5. The van der Waals surface area contributed by atoms with E-state index < -0.39 is 12.0 Å². The molecule has 6 nitrogen and oxygen atoms in total. The minimum Gasteiger partial charge on any atom is -0.480 e. The lowest BCUT2D eigenvalue weighted by molar-refractivity contribution is -0.152. The molecule has 0 saturated carbocycles. The first-order valence-corrected chi connectivity index (χ1v) is 7.02.